The van der Waals surface area contributed by atoms with Gasteiger partial charge in [-0.05, 0) is 68.9 Å². The lowest BCUT2D eigenvalue weighted by Gasteiger charge is -2.29. The smallest absolute Gasteiger partial charge is 0.407 e. The van der Waals surface area contributed by atoms with Crippen molar-refractivity contribution in [3.63, 3.8) is 0 Å². The molecule has 3 aliphatic heterocycles. The summed E-state index contributed by atoms with van der Waals surface area (Å²) in [7, 11) is -0.742. The number of carbonyl (C=O) groups excluding carboxylic acids is 4. The van der Waals surface area contributed by atoms with Crippen molar-refractivity contribution < 1.29 is 46.5 Å². The summed E-state index contributed by atoms with van der Waals surface area (Å²) in [5.74, 6) is -0.550. The maximum Gasteiger partial charge on any atom is 0.407 e. The summed E-state index contributed by atoms with van der Waals surface area (Å²) in [6.45, 7) is 0.216. The molecule has 4 fully saturated rings. The lowest BCUT2D eigenvalue weighted by atomic mass is 10.0. The van der Waals surface area contributed by atoms with Crippen molar-refractivity contribution in [2.75, 3.05) is 27.4 Å². The Balaban J connectivity index is 1.24. The minimum absolute atomic E-state index is 0.0119. The van der Waals surface area contributed by atoms with Crippen LogP contribution in [0.2, 0.25) is 0 Å². The molecule has 5 bridgehead atoms. The maximum atomic E-state index is 14.5. The van der Waals surface area contributed by atoms with Gasteiger partial charge in [0.2, 0.25) is 27.7 Å². The molecule has 0 spiro atoms. The Morgan fingerprint density at radius 3 is 2.45 bits per heavy atom. The molecular weight excluding hydrogens is 731 g/mol. The quantitative estimate of drug-likeness (QED) is 0.397. The van der Waals surface area contributed by atoms with Gasteiger partial charge < -0.3 is 34.5 Å². The van der Waals surface area contributed by atoms with Crippen molar-refractivity contribution in [3.8, 4) is 17.4 Å². The van der Waals surface area contributed by atoms with E-state index in [-0.39, 0.29) is 25.5 Å². The van der Waals surface area contributed by atoms with Crippen LogP contribution in [-0.4, -0.2) is 98.5 Å². The molecule has 2 aliphatic carbocycles. The Kier molecular flexibility index (Phi) is 11.6. The van der Waals surface area contributed by atoms with Gasteiger partial charge in [-0.1, -0.05) is 44.9 Å². The molecule has 2 saturated heterocycles. The minimum atomic E-state index is -3.87. The highest BCUT2D eigenvalue weighted by Crippen LogP contribution is 2.48. The van der Waals surface area contributed by atoms with Gasteiger partial charge in [0.1, 0.15) is 35.2 Å². The Hall–Kier alpha value is -4.34. The van der Waals surface area contributed by atoms with Gasteiger partial charge in [0, 0.05) is 23.9 Å². The molecule has 4 amide bonds. The van der Waals surface area contributed by atoms with Crippen LogP contribution in [0.4, 0.5) is 4.79 Å². The third-order valence-corrected chi connectivity index (χ3v) is 13.6. The number of alkyl carbamates (subject to hydrolysis) is 1. The van der Waals surface area contributed by atoms with Gasteiger partial charge in [-0.2, -0.15) is 0 Å². The number of pyridine rings is 1. The van der Waals surface area contributed by atoms with E-state index in [1.807, 2.05) is 12.1 Å². The van der Waals surface area contributed by atoms with Crippen LogP contribution in [0.15, 0.2) is 18.2 Å². The number of carbonyl (C=O) groups is 4. The highest BCUT2D eigenvalue weighted by Gasteiger charge is 2.62. The molecule has 2 saturated carbocycles. The van der Waals surface area contributed by atoms with Gasteiger partial charge in [-0.3, -0.25) is 19.1 Å². The fourth-order valence-corrected chi connectivity index (χ4v) is 9.75. The number of rotatable bonds is 5. The number of methoxy groups -OCH3 is 2. The van der Waals surface area contributed by atoms with Gasteiger partial charge in [0.25, 0.3) is 5.91 Å². The summed E-state index contributed by atoms with van der Waals surface area (Å²) in [5.41, 5.74) is 0.156. The number of sulfonamides is 1. The second-order valence-corrected chi connectivity index (χ2v) is 17.7. The van der Waals surface area contributed by atoms with Crippen molar-refractivity contribution in [2.24, 2.45) is 5.92 Å². The number of nitrogens with one attached hydrogen (secondary N) is 3. The molecule has 16 heteroatoms. The van der Waals surface area contributed by atoms with Crippen LogP contribution in [0.3, 0.4) is 0 Å². The number of fused-ring (bicyclic) bond motifs is 4. The van der Waals surface area contributed by atoms with E-state index in [1.54, 1.807) is 13.2 Å². The Bertz CT molecular complexity index is 1900. The minimum Gasteiger partial charge on any atom is -0.496 e. The first kappa shape index (κ1) is 38.9. The molecular formula is C39H53N5O10S. The molecule has 55 heavy (non-hydrogen) atoms. The first-order chi connectivity index (χ1) is 26.5. The van der Waals surface area contributed by atoms with E-state index < -0.39 is 62.8 Å². The normalized spacial score (nSPS) is 28.5. The van der Waals surface area contributed by atoms with Gasteiger partial charge >= 0.3 is 6.09 Å². The van der Waals surface area contributed by atoms with E-state index in [4.69, 9.17) is 18.9 Å². The molecule has 5 atom stereocenters. The maximum absolute atomic E-state index is 14.5. The Labute approximate surface area is 322 Å². The number of hydrogen-bond donors (Lipinski definition) is 3. The fourth-order valence-electron chi connectivity index (χ4n) is 8.38. The largest absolute Gasteiger partial charge is 0.496 e. The van der Waals surface area contributed by atoms with Gasteiger partial charge in [0.15, 0.2) is 0 Å². The summed E-state index contributed by atoms with van der Waals surface area (Å²) in [5, 5.41) is 5.86. The second-order valence-electron chi connectivity index (χ2n) is 15.7. The van der Waals surface area contributed by atoms with E-state index >= 15 is 0 Å². The number of hydrogen-bond acceptors (Lipinski definition) is 11. The summed E-state index contributed by atoms with van der Waals surface area (Å²) in [4.78, 5) is 62.0. The zero-order valence-corrected chi connectivity index (χ0v) is 32.5. The van der Waals surface area contributed by atoms with Crippen LogP contribution in [0.5, 0.6) is 17.4 Å². The van der Waals surface area contributed by atoms with Gasteiger partial charge in [-0.15, -0.1) is 0 Å². The van der Waals surface area contributed by atoms with Crippen LogP contribution < -0.4 is 29.6 Å². The van der Waals surface area contributed by atoms with Gasteiger partial charge in [0.05, 0.1) is 38.1 Å². The molecule has 0 unspecified atom stereocenters. The predicted molar refractivity (Wildman–Crippen MR) is 201 cm³/mol. The Morgan fingerprint density at radius 2 is 1.69 bits per heavy atom. The van der Waals surface area contributed by atoms with E-state index in [1.165, 1.54) is 12.0 Å². The summed E-state index contributed by atoms with van der Waals surface area (Å²) >= 11 is 0. The average Bonchev–Trinajstić information content (AvgIpc) is 4.09. The van der Waals surface area contributed by atoms with E-state index in [0.717, 1.165) is 62.3 Å². The number of aryl methyl sites for hydroxylation is 1. The Morgan fingerprint density at radius 1 is 0.945 bits per heavy atom. The van der Waals surface area contributed by atoms with Crippen LogP contribution in [-0.2, 0) is 35.6 Å². The number of ether oxygens (including phenoxy) is 4. The highest BCUT2D eigenvalue weighted by atomic mass is 32.2. The van der Waals surface area contributed by atoms with Crippen LogP contribution in [0.1, 0.15) is 102 Å². The van der Waals surface area contributed by atoms with Crippen LogP contribution >= 0.6 is 0 Å². The number of benzene rings is 1. The second kappa shape index (κ2) is 16.4. The summed E-state index contributed by atoms with van der Waals surface area (Å²) < 4.78 is 51.5. The third kappa shape index (κ3) is 8.73. The highest BCUT2D eigenvalue weighted by molar-refractivity contribution is 7.91. The van der Waals surface area contributed by atoms with Crippen LogP contribution in [0.25, 0.3) is 10.9 Å². The molecule has 1 aromatic carbocycles. The topological polar surface area (TPSA) is 192 Å². The molecule has 4 heterocycles. The van der Waals surface area contributed by atoms with E-state index in [2.05, 4.69) is 20.3 Å². The zero-order chi connectivity index (χ0) is 38.7. The zero-order valence-electron chi connectivity index (χ0n) is 31.7. The standard InChI is InChI=1S/C39H53N5O10S/c1-51-32-20-30-28-18-24(32)12-8-6-7-11-17-53-38(48)41-29-14-10-5-3-4-9-13-25-22-39(25,37(47)43-55(49,50)27-15-16-27)42-35(45)31-19-26(23-44(31)36(29)46)54-33(28)21-34(40-30)52-2/h18,20-21,25-27,29,31H,3-17,19,22-23H2,1-2H3,(H,41,48)(H,42,45)(H,43,47)/t25-,26+,29-,31-,39+/m0/s1. The number of nitrogens with zero attached hydrogens (tertiary/aromatic N) is 2. The lowest BCUT2D eigenvalue weighted by Crippen LogP contribution is -2.58. The molecule has 3 N–H and O–H groups in total. The summed E-state index contributed by atoms with van der Waals surface area (Å²) in [6, 6.07) is 3.51. The molecule has 15 nitrogen and oxygen atoms in total. The molecule has 0 radical (unpaired) electrons. The monoisotopic (exact) mass is 783 g/mol. The molecule has 5 aliphatic rings. The molecule has 1 aromatic heterocycles. The van der Waals surface area contributed by atoms with E-state index in [9.17, 15) is 27.6 Å². The molecule has 300 valence electrons. The van der Waals surface area contributed by atoms with Crippen molar-refractivity contribution in [1.29, 1.82) is 0 Å². The van der Waals surface area contributed by atoms with Crippen molar-refractivity contribution in [3.05, 3.63) is 23.8 Å². The number of aromatic nitrogens is 1. The van der Waals surface area contributed by atoms with E-state index in [0.29, 0.717) is 67.8 Å². The molecule has 2 aromatic rings. The van der Waals surface area contributed by atoms with Gasteiger partial charge in [-0.25, -0.2) is 18.2 Å². The lowest BCUT2D eigenvalue weighted by molar-refractivity contribution is -0.141. The predicted octanol–water partition coefficient (Wildman–Crippen LogP) is 4.04. The SMILES string of the molecule is COc1cc2c3cc(c(OC)cc3n1)CCCCCCOC(=O)N[C@H]1CCCCCCC[C@H]3C[C@@]3(C(=O)NS(=O)(=O)C3CC3)NC(=O)[C@@H]3C[C@H](CN3C1=O)O2. The first-order valence-corrected chi connectivity index (χ1v) is 21.4. The van der Waals surface area contributed by atoms with Crippen molar-refractivity contribution >= 4 is 44.7 Å². The molecule has 7 rings (SSSR count). The third-order valence-electron chi connectivity index (χ3n) is 11.8. The number of amides is 4. The number of cyclic esters (lactones) is 1. The first-order valence-electron chi connectivity index (χ1n) is 19.9. The van der Waals surface area contributed by atoms with Crippen molar-refractivity contribution in [2.45, 2.75) is 132 Å². The fraction of sp³-hybridized carbons (Fsp3) is 0.667. The van der Waals surface area contributed by atoms with Crippen molar-refractivity contribution in [1.82, 2.24) is 25.2 Å². The average molecular weight is 784 g/mol. The van der Waals surface area contributed by atoms with Crippen LogP contribution in [0, 0.1) is 5.92 Å². The summed E-state index contributed by atoms with van der Waals surface area (Å²) in [6.07, 6.45) is 9.10.